The molecule has 0 bridgehead atoms. The Balaban J connectivity index is 1.66. The zero-order valence-electron chi connectivity index (χ0n) is 15.3. The third kappa shape index (κ3) is 3.56. The molecule has 2 aromatic carbocycles. The molecular formula is C18H18ClN3O5S2. The molecule has 1 atom stereocenters. The SMILES string of the molecule is CC1C(=O)Nc2ccc(S(=O)(=O)Nc3ccc(Cl)c(N4CCCS4(=O)=O)c3)cc21. The number of amides is 1. The van der Waals surface area contributed by atoms with E-state index in [4.69, 9.17) is 11.6 Å². The molecule has 1 fully saturated rings. The van der Waals surface area contributed by atoms with E-state index in [1.54, 1.807) is 13.0 Å². The van der Waals surface area contributed by atoms with E-state index in [2.05, 4.69) is 10.0 Å². The van der Waals surface area contributed by atoms with E-state index in [-0.39, 0.29) is 33.0 Å². The third-order valence-electron chi connectivity index (χ3n) is 5.02. The molecule has 0 radical (unpaired) electrons. The molecule has 0 saturated carbocycles. The smallest absolute Gasteiger partial charge is 0.261 e. The summed E-state index contributed by atoms with van der Waals surface area (Å²) >= 11 is 6.16. The van der Waals surface area contributed by atoms with Crippen LogP contribution in [-0.2, 0) is 24.8 Å². The summed E-state index contributed by atoms with van der Waals surface area (Å²) in [4.78, 5) is 11.8. The Kier molecular flexibility index (Phi) is 4.75. The first-order valence-corrected chi connectivity index (χ1v) is 12.3. The molecule has 2 aromatic rings. The molecule has 2 aliphatic rings. The van der Waals surface area contributed by atoms with E-state index < -0.39 is 26.0 Å². The molecule has 0 spiro atoms. The van der Waals surface area contributed by atoms with Gasteiger partial charge in [0.05, 0.1) is 33.0 Å². The Morgan fingerprint density at radius 1 is 1.21 bits per heavy atom. The van der Waals surface area contributed by atoms with Crippen LogP contribution in [0.1, 0.15) is 24.8 Å². The number of benzene rings is 2. The molecule has 2 heterocycles. The molecule has 1 saturated heterocycles. The number of anilines is 3. The lowest BCUT2D eigenvalue weighted by Crippen LogP contribution is -2.25. The monoisotopic (exact) mass is 455 g/mol. The second-order valence-corrected chi connectivity index (χ2v) is 11.1. The van der Waals surface area contributed by atoms with Crippen LogP contribution in [0.3, 0.4) is 0 Å². The Bertz CT molecular complexity index is 1230. The van der Waals surface area contributed by atoms with E-state index in [9.17, 15) is 21.6 Å². The van der Waals surface area contributed by atoms with Gasteiger partial charge in [-0.2, -0.15) is 0 Å². The molecule has 1 amide bonds. The van der Waals surface area contributed by atoms with E-state index in [1.807, 2.05) is 0 Å². The summed E-state index contributed by atoms with van der Waals surface area (Å²) in [5.41, 5.74) is 1.63. The van der Waals surface area contributed by atoms with Gasteiger partial charge in [-0.1, -0.05) is 11.6 Å². The quantitative estimate of drug-likeness (QED) is 0.736. The van der Waals surface area contributed by atoms with Crippen LogP contribution in [0.15, 0.2) is 41.3 Å². The molecule has 2 aliphatic heterocycles. The average Bonchev–Trinajstić information content (AvgIpc) is 3.15. The summed E-state index contributed by atoms with van der Waals surface area (Å²) in [7, 11) is -7.42. The van der Waals surface area contributed by atoms with Gasteiger partial charge < -0.3 is 5.32 Å². The number of nitrogens with one attached hydrogen (secondary N) is 2. The van der Waals surface area contributed by atoms with Crippen LogP contribution in [0.4, 0.5) is 17.1 Å². The van der Waals surface area contributed by atoms with E-state index in [1.165, 1.54) is 34.6 Å². The van der Waals surface area contributed by atoms with Crippen LogP contribution in [0, 0.1) is 0 Å². The second kappa shape index (κ2) is 6.89. The maximum absolute atomic E-state index is 12.9. The van der Waals surface area contributed by atoms with Gasteiger partial charge in [0.2, 0.25) is 15.9 Å². The van der Waals surface area contributed by atoms with Crippen molar-refractivity contribution in [2.24, 2.45) is 0 Å². The summed E-state index contributed by atoms with van der Waals surface area (Å²) < 4.78 is 53.7. The van der Waals surface area contributed by atoms with Gasteiger partial charge >= 0.3 is 0 Å². The maximum atomic E-state index is 12.9. The Morgan fingerprint density at radius 3 is 2.66 bits per heavy atom. The molecule has 29 heavy (non-hydrogen) atoms. The molecular weight excluding hydrogens is 438 g/mol. The maximum Gasteiger partial charge on any atom is 0.261 e. The van der Waals surface area contributed by atoms with E-state index in [0.29, 0.717) is 24.2 Å². The second-order valence-electron chi connectivity index (χ2n) is 6.97. The normalized spacial score (nSPS) is 20.4. The van der Waals surface area contributed by atoms with Crippen LogP contribution in [-0.4, -0.2) is 35.0 Å². The van der Waals surface area contributed by atoms with Gasteiger partial charge in [0.15, 0.2) is 0 Å². The molecule has 11 heteroatoms. The third-order valence-corrected chi connectivity index (χ3v) is 8.57. The van der Waals surface area contributed by atoms with Crippen molar-refractivity contribution in [3.8, 4) is 0 Å². The van der Waals surface area contributed by atoms with Crippen LogP contribution in [0.25, 0.3) is 0 Å². The first-order chi connectivity index (χ1) is 13.6. The summed E-state index contributed by atoms with van der Waals surface area (Å²) in [6, 6.07) is 8.74. The van der Waals surface area contributed by atoms with Crippen molar-refractivity contribution >= 4 is 54.6 Å². The van der Waals surface area contributed by atoms with E-state index >= 15 is 0 Å². The minimum Gasteiger partial charge on any atom is -0.325 e. The fourth-order valence-corrected chi connectivity index (χ4v) is 6.38. The van der Waals surface area contributed by atoms with Crippen molar-refractivity contribution < 1.29 is 21.6 Å². The van der Waals surface area contributed by atoms with Crippen LogP contribution >= 0.6 is 11.6 Å². The predicted molar refractivity (Wildman–Crippen MR) is 111 cm³/mol. The predicted octanol–water partition coefficient (Wildman–Crippen LogP) is 2.74. The van der Waals surface area contributed by atoms with Crippen molar-refractivity contribution in [3.63, 3.8) is 0 Å². The lowest BCUT2D eigenvalue weighted by Gasteiger charge is -2.19. The Labute approximate surface area is 174 Å². The number of nitrogens with zero attached hydrogens (tertiary/aromatic N) is 1. The molecule has 2 N–H and O–H groups in total. The molecule has 4 rings (SSSR count). The number of carbonyl (C=O) groups is 1. The molecule has 1 unspecified atom stereocenters. The molecule has 8 nitrogen and oxygen atoms in total. The number of halogens is 1. The number of hydrogen-bond acceptors (Lipinski definition) is 5. The number of sulfonamides is 2. The zero-order valence-corrected chi connectivity index (χ0v) is 17.7. The van der Waals surface area contributed by atoms with Crippen molar-refractivity contribution in [1.82, 2.24) is 0 Å². The van der Waals surface area contributed by atoms with Gasteiger partial charge in [-0.25, -0.2) is 16.8 Å². The highest BCUT2D eigenvalue weighted by Crippen LogP contribution is 2.36. The average molecular weight is 456 g/mol. The Hall–Kier alpha value is -2.30. The number of rotatable bonds is 4. The fraction of sp³-hybridized carbons (Fsp3) is 0.278. The van der Waals surface area contributed by atoms with Crippen molar-refractivity contribution in [2.75, 3.05) is 26.6 Å². The van der Waals surface area contributed by atoms with E-state index in [0.717, 1.165) is 0 Å². The Morgan fingerprint density at radius 2 is 1.97 bits per heavy atom. The van der Waals surface area contributed by atoms with Crippen molar-refractivity contribution in [2.45, 2.75) is 24.2 Å². The highest BCUT2D eigenvalue weighted by Gasteiger charge is 2.31. The lowest BCUT2D eigenvalue weighted by molar-refractivity contribution is -0.116. The summed E-state index contributed by atoms with van der Waals surface area (Å²) in [5.74, 6) is -0.598. The number of hydrogen-bond donors (Lipinski definition) is 2. The van der Waals surface area contributed by atoms with Gasteiger partial charge in [-0.3, -0.25) is 13.8 Å². The zero-order chi connectivity index (χ0) is 21.0. The summed E-state index contributed by atoms with van der Waals surface area (Å²) in [6.07, 6.45) is 0.481. The molecule has 154 valence electrons. The van der Waals surface area contributed by atoms with Gasteiger partial charge in [0.25, 0.3) is 10.0 Å². The summed E-state index contributed by atoms with van der Waals surface area (Å²) in [5, 5.41) is 2.91. The topological polar surface area (TPSA) is 113 Å². The van der Waals surface area contributed by atoms with Gasteiger partial charge in [0, 0.05) is 12.2 Å². The lowest BCUT2D eigenvalue weighted by atomic mass is 10.0. The minimum absolute atomic E-state index is 0.00453. The number of carbonyl (C=O) groups excluding carboxylic acids is 1. The van der Waals surface area contributed by atoms with Crippen LogP contribution in [0.2, 0.25) is 5.02 Å². The standard InChI is InChI=1S/C18H18ClN3O5S2/c1-11-14-10-13(4-6-16(14)20-18(11)23)29(26,27)21-12-3-5-15(19)17(9-12)22-7-2-8-28(22,24)25/h3-6,9-11,21H,2,7-8H2,1H3,(H,20,23). The highest BCUT2D eigenvalue weighted by molar-refractivity contribution is 7.93. The van der Waals surface area contributed by atoms with Crippen molar-refractivity contribution in [1.29, 1.82) is 0 Å². The largest absolute Gasteiger partial charge is 0.325 e. The number of fused-ring (bicyclic) bond motifs is 1. The summed E-state index contributed by atoms with van der Waals surface area (Å²) in [6.45, 7) is 1.99. The first kappa shape index (κ1) is 20.0. The van der Waals surface area contributed by atoms with Gasteiger partial charge in [0.1, 0.15) is 0 Å². The first-order valence-electron chi connectivity index (χ1n) is 8.86. The molecule has 0 aromatic heterocycles. The fourth-order valence-electron chi connectivity index (χ4n) is 3.45. The van der Waals surface area contributed by atoms with Gasteiger partial charge in [-0.15, -0.1) is 0 Å². The van der Waals surface area contributed by atoms with Crippen LogP contribution < -0.4 is 14.3 Å². The van der Waals surface area contributed by atoms with Crippen LogP contribution in [0.5, 0.6) is 0 Å². The molecule has 0 aliphatic carbocycles. The highest BCUT2D eigenvalue weighted by atomic mass is 35.5. The minimum atomic E-state index is -3.96. The van der Waals surface area contributed by atoms with Gasteiger partial charge in [-0.05, 0) is 55.3 Å². The van der Waals surface area contributed by atoms with Crippen molar-refractivity contribution in [3.05, 3.63) is 47.0 Å².